The van der Waals surface area contributed by atoms with Gasteiger partial charge in [-0.25, -0.2) is 8.78 Å². The highest BCUT2D eigenvalue weighted by Gasteiger charge is 2.11. The predicted molar refractivity (Wildman–Crippen MR) is 95.1 cm³/mol. The van der Waals surface area contributed by atoms with Crippen molar-refractivity contribution in [1.82, 2.24) is 19.7 Å². The van der Waals surface area contributed by atoms with Gasteiger partial charge in [-0.2, -0.15) is 9.89 Å². The molecule has 0 amide bonds. The van der Waals surface area contributed by atoms with Crippen LogP contribution in [0.25, 0.3) is 21.8 Å². The van der Waals surface area contributed by atoms with E-state index in [-0.39, 0.29) is 11.2 Å². The van der Waals surface area contributed by atoms with E-state index in [4.69, 9.17) is 5.73 Å². The number of nitrogen functional groups attached to an aromatic ring is 1. The molecular formula is C17H18F2N6. The van der Waals surface area contributed by atoms with Gasteiger partial charge < -0.3 is 5.73 Å². The molecule has 2 aromatic carbocycles. The van der Waals surface area contributed by atoms with E-state index >= 15 is 0 Å². The van der Waals surface area contributed by atoms with Gasteiger partial charge in [0.2, 0.25) is 0 Å². The SMILES string of the molecule is CC.Cn1cc2cc(Nn3cc4cc(N)cc(F)c4n3)c(F)cc2n1. The fraction of sp³-hybridized carbons (Fsp3) is 0.176. The van der Waals surface area contributed by atoms with Crippen LogP contribution < -0.4 is 11.2 Å². The van der Waals surface area contributed by atoms with Crippen molar-refractivity contribution in [2.24, 2.45) is 7.05 Å². The summed E-state index contributed by atoms with van der Waals surface area (Å²) in [5.74, 6) is -1.00. The van der Waals surface area contributed by atoms with Crippen molar-refractivity contribution in [2.45, 2.75) is 13.8 Å². The summed E-state index contributed by atoms with van der Waals surface area (Å²) in [5, 5.41) is 9.51. The van der Waals surface area contributed by atoms with E-state index in [1.165, 1.54) is 16.9 Å². The van der Waals surface area contributed by atoms with Crippen LogP contribution in [0.2, 0.25) is 0 Å². The summed E-state index contributed by atoms with van der Waals surface area (Å²) in [5.41, 5.74) is 9.64. The van der Waals surface area contributed by atoms with Gasteiger partial charge >= 0.3 is 0 Å². The number of nitrogens with two attached hydrogens (primary N) is 1. The second kappa shape index (κ2) is 6.39. The molecule has 0 fully saturated rings. The maximum Gasteiger partial charge on any atom is 0.153 e. The minimum absolute atomic E-state index is 0.162. The molecule has 2 aromatic heterocycles. The fourth-order valence-electron chi connectivity index (χ4n) is 2.55. The molecule has 0 atom stereocenters. The van der Waals surface area contributed by atoms with E-state index in [0.717, 1.165) is 5.39 Å². The van der Waals surface area contributed by atoms with Crippen molar-refractivity contribution >= 4 is 33.2 Å². The van der Waals surface area contributed by atoms with E-state index < -0.39 is 11.6 Å². The van der Waals surface area contributed by atoms with Crippen LogP contribution in [0, 0.1) is 11.6 Å². The van der Waals surface area contributed by atoms with E-state index in [1.54, 1.807) is 36.3 Å². The van der Waals surface area contributed by atoms with Crippen molar-refractivity contribution in [3.8, 4) is 0 Å². The summed E-state index contributed by atoms with van der Waals surface area (Å²) < 4.78 is 29.6. The molecule has 0 saturated carbocycles. The van der Waals surface area contributed by atoms with Gasteiger partial charge in [0.25, 0.3) is 0 Å². The Kier molecular flexibility index (Phi) is 4.26. The quantitative estimate of drug-likeness (QED) is 0.544. The van der Waals surface area contributed by atoms with Crippen molar-refractivity contribution < 1.29 is 8.78 Å². The molecule has 0 radical (unpaired) electrons. The van der Waals surface area contributed by atoms with Gasteiger partial charge in [0, 0.05) is 35.8 Å². The number of aryl methyl sites for hydroxylation is 1. The molecule has 0 aliphatic carbocycles. The molecule has 0 bridgehead atoms. The number of hydrogen-bond donors (Lipinski definition) is 2. The molecule has 6 nitrogen and oxygen atoms in total. The van der Waals surface area contributed by atoms with Crippen molar-refractivity contribution in [3.63, 3.8) is 0 Å². The molecule has 130 valence electrons. The number of rotatable bonds is 2. The average molecular weight is 344 g/mol. The molecule has 0 aliphatic rings. The number of fused-ring (bicyclic) bond motifs is 2. The Morgan fingerprint density at radius 1 is 0.960 bits per heavy atom. The lowest BCUT2D eigenvalue weighted by molar-refractivity contribution is 0.624. The Morgan fingerprint density at radius 2 is 1.72 bits per heavy atom. The van der Waals surface area contributed by atoms with Gasteiger partial charge in [0.15, 0.2) is 5.82 Å². The fourth-order valence-corrected chi connectivity index (χ4v) is 2.55. The summed E-state index contributed by atoms with van der Waals surface area (Å²) in [6.07, 6.45) is 3.32. The van der Waals surface area contributed by atoms with Crippen molar-refractivity contribution in [3.05, 3.63) is 48.3 Å². The summed E-state index contributed by atoms with van der Waals surface area (Å²) in [6.45, 7) is 4.00. The molecule has 25 heavy (non-hydrogen) atoms. The second-order valence-electron chi connectivity index (χ2n) is 5.32. The lowest BCUT2D eigenvalue weighted by atomic mass is 10.2. The van der Waals surface area contributed by atoms with Gasteiger partial charge in [-0.05, 0) is 18.2 Å². The van der Waals surface area contributed by atoms with Gasteiger partial charge in [0.1, 0.15) is 11.3 Å². The minimum Gasteiger partial charge on any atom is -0.399 e. The maximum atomic E-state index is 14.2. The molecule has 0 unspecified atom stereocenters. The van der Waals surface area contributed by atoms with Gasteiger partial charge in [-0.1, -0.05) is 13.8 Å². The Bertz CT molecular complexity index is 1050. The average Bonchev–Trinajstić information content (AvgIpc) is 3.12. The number of benzene rings is 2. The standard InChI is InChI=1S/C15H12F2N6.C2H6/c1-22-6-8-3-14(11(16)5-13(8)19-22)20-23-7-9-2-10(18)4-12(17)15(9)21-23;1-2/h2-7,20H,18H2,1H3;1-2H3. The third kappa shape index (κ3) is 3.10. The monoisotopic (exact) mass is 344 g/mol. The van der Waals surface area contributed by atoms with Gasteiger partial charge in [-0.3, -0.25) is 10.1 Å². The first kappa shape index (κ1) is 16.7. The van der Waals surface area contributed by atoms with E-state index in [0.29, 0.717) is 16.6 Å². The number of halogens is 2. The lowest BCUT2D eigenvalue weighted by Gasteiger charge is -2.06. The zero-order chi connectivity index (χ0) is 18.1. The van der Waals surface area contributed by atoms with Gasteiger partial charge in [0.05, 0.1) is 17.4 Å². The highest BCUT2D eigenvalue weighted by molar-refractivity contribution is 5.83. The predicted octanol–water partition coefficient (Wildman–Crippen LogP) is 3.68. The van der Waals surface area contributed by atoms with Crippen LogP contribution in [0.3, 0.4) is 0 Å². The summed E-state index contributed by atoms with van der Waals surface area (Å²) in [7, 11) is 1.76. The van der Waals surface area contributed by atoms with Crippen LogP contribution in [0.1, 0.15) is 13.8 Å². The van der Waals surface area contributed by atoms with Crippen LogP contribution in [-0.2, 0) is 7.05 Å². The van der Waals surface area contributed by atoms with Gasteiger partial charge in [-0.15, -0.1) is 5.10 Å². The molecule has 0 saturated heterocycles. The van der Waals surface area contributed by atoms with E-state index in [9.17, 15) is 8.78 Å². The third-order valence-electron chi connectivity index (χ3n) is 3.53. The Hall–Kier alpha value is -3.16. The first-order valence-electron chi connectivity index (χ1n) is 7.84. The smallest absolute Gasteiger partial charge is 0.153 e. The van der Waals surface area contributed by atoms with Crippen LogP contribution in [0.15, 0.2) is 36.7 Å². The molecule has 4 aromatic rings. The maximum absolute atomic E-state index is 14.2. The van der Waals surface area contributed by atoms with E-state index in [2.05, 4.69) is 15.6 Å². The molecule has 8 heteroatoms. The Balaban J connectivity index is 0.000000880. The molecule has 2 heterocycles. The molecule has 3 N–H and O–H groups in total. The van der Waals surface area contributed by atoms with Crippen LogP contribution in [-0.4, -0.2) is 19.7 Å². The Morgan fingerprint density at radius 3 is 2.48 bits per heavy atom. The number of aromatic nitrogens is 4. The van der Waals surface area contributed by atoms with Crippen molar-refractivity contribution in [2.75, 3.05) is 11.2 Å². The first-order chi connectivity index (χ1) is 12.0. The number of nitrogens with zero attached hydrogens (tertiary/aromatic N) is 4. The zero-order valence-electron chi connectivity index (χ0n) is 14.1. The first-order valence-corrected chi connectivity index (χ1v) is 7.84. The Labute approximate surface area is 142 Å². The molecule has 0 spiro atoms. The lowest BCUT2D eigenvalue weighted by Crippen LogP contribution is -2.10. The van der Waals surface area contributed by atoms with Crippen LogP contribution in [0.4, 0.5) is 20.2 Å². The van der Waals surface area contributed by atoms with Crippen LogP contribution >= 0.6 is 0 Å². The highest BCUT2D eigenvalue weighted by Crippen LogP contribution is 2.24. The largest absolute Gasteiger partial charge is 0.399 e. The molecule has 0 aliphatic heterocycles. The topological polar surface area (TPSA) is 73.7 Å². The third-order valence-corrected chi connectivity index (χ3v) is 3.53. The minimum atomic E-state index is -0.524. The summed E-state index contributed by atoms with van der Waals surface area (Å²) in [4.78, 5) is 1.26. The number of nitrogens with one attached hydrogen (secondary N) is 1. The highest BCUT2D eigenvalue weighted by atomic mass is 19.1. The zero-order valence-corrected chi connectivity index (χ0v) is 14.1. The number of hydrogen-bond acceptors (Lipinski definition) is 4. The molecule has 4 rings (SSSR count). The molecular weight excluding hydrogens is 326 g/mol. The van der Waals surface area contributed by atoms with Crippen molar-refractivity contribution in [1.29, 1.82) is 0 Å². The summed E-state index contributed by atoms with van der Waals surface area (Å²) in [6, 6.07) is 5.75. The summed E-state index contributed by atoms with van der Waals surface area (Å²) >= 11 is 0. The van der Waals surface area contributed by atoms with Crippen LogP contribution in [0.5, 0.6) is 0 Å². The second-order valence-corrected chi connectivity index (χ2v) is 5.32. The number of anilines is 2. The normalized spacial score (nSPS) is 10.8. The van der Waals surface area contributed by atoms with E-state index in [1.807, 2.05) is 13.8 Å².